The van der Waals surface area contributed by atoms with Crippen LogP contribution in [0.1, 0.15) is 45.9 Å². The third kappa shape index (κ3) is 4.24. The first-order valence-corrected chi connectivity index (χ1v) is 7.71. The molecule has 1 aromatic rings. The molecule has 0 aliphatic carbocycles. The molecule has 1 heterocycles. The highest BCUT2D eigenvalue weighted by Gasteiger charge is 2.26. The molecule has 0 saturated carbocycles. The van der Waals surface area contributed by atoms with Crippen molar-refractivity contribution >= 4 is 17.7 Å². The number of ether oxygens (including phenoxy) is 1. The first-order valence-electron chi connectivity index (χ1n) is 6.72. The number of aromatic nitrogens is 2. The maximum absolute atomic E-state index is 10.8. The second-order valence-electron chi connectivity index (χ2n) is 5.75. The Hall–Kier alpha value is -1.01. The van der Waals surface area contributed by atoms with Gasteiger partial charge in [0, 0.05) is 24.4 Å². The SMILES string of the molecule is CCC(COC)n1c(C(C)(C)C)cnc1SCC(=O)O. The van der Waals surface area contributed by atoms with E-state index in [1.54, 1.807) is 7.11 Å². The van der Waals surface area contributed by atoms with Gasteiger partial charge in [0.2, 0.25) is 0 Å². The van der Waals surface area contributed by atoms with Crippen LogP contribution < -0.4 is 0 Å². The van der Waals surface area contributed by atoms with E-state index in [4.69, 9.17) is 9.84 Å². The van der Waals surface area contributed by atoms with Gasteiger partial charge in [0.25, 0.3) is 0 Å². The lowest BCUT2D eigenvalue weighted by molar-refractivity contribution is -0.133. The van der Waals surface area contributed by atoms with Crippen LogP contribution in [-0.4, -0.2) is 40.1 Å². The van der Waals surface area contributed by atoms with E-state index in [0.717, 1.165) is 17.3 Å². The van der Waals surface area contributed by atoms with Crippen LogP contribution in [-0.2, 0) is 14.9 Å². The van der Waals surface area contributed by atoms with Crippen LogP contribution in [0.4, 0.5) is 0 Å². The highest BCUT2D eigenvalue weighted by Crippen LogP contribution is 2.31. The molecular weight excluding hydrogens is 276 g/mol. The smallest absolute Gasteiger partial charge is 0.313 e. The topological polar surface area (TPSA) is 64.4 Å². The van der Waals surface area contributed by atoms with Gasteiger partial charge in [-0.05, 0) is 6.42 Å². The third-order valence-corrected chi connectivity index (χ3v) is 4.00. The minimum Gasteiger partial charge on any atom is -0.481 e. The van der Waals surface area contributed by atoms with Gasteiger partial charge in [-0.1, -0.05) is 39.5 Å². The predicted octanol–water partition coefficient (Wildman–Crippen LogP) is 2.95. The van der Waals surface area contributed by atoms with Crippen molar-refractivity contribution in [2.45, 2.75) is 50.7 Å². The summed E-state index contributed by atoms with van der Waals surface area (Å²) in [6.45, 7) is 9.08. The summed E-state index contributed by atoms with van der Waals surface area (Å²) >= 11 is 1.26. The van der Waals surface area contributed by atoms with Gasteiger partial charge in [-0.3, -0.25) is 4.79 Å². The molecule has 0 spiro atoms. The van der Waals surface area contributed by atoms with E-state index in [-0.39, 0.29) is 17.2 Å². The van der Waals surface area contributed by atoms with E-state index >= 15 is 0 Å². The zero-order chi connectivity index (χ0) is 15.3. The predicted molar refractivity (Wildman–Crippen MR) is 80.5 cm³/mol. The number of hydrogen-bond donors (Lipinski definition) is 1. The minimum absolute atomic E-state index is 0.0179. The molecule has 1 atom stereocenters. The van der Waals surface area contributed by atoms with Gasteiger partial charge in [-0.15, -0.1) is 0 Å². The fourth-order valence-electron chi connectivity index (χ4n) is 2.05. The quantitative estimate of drug-likeness (QED) is 0.784. The number of nitrogens with zero attached hydrogens (tertiary/aromatic N) is 2. The Morgan fingerprint density at radius 2 is 2.20 bits per heavy atom. The van der Waals surface area contributed by atoms with Gasteiger partial charge in [0.1, 0.15) is 0 Å². The van der Waals surface area contributed by atoms with Crippen LogP contribution in [0.15, 0.2) is 11.4 Å². The van der Waals surface area contributed by atoms with Gasteiger partial charge in [-0.25, -0.2) is 4.98 Å². The average molecular weight is 300 g/mol. The van der Waals surface area contributed by atoms with Crippen molar-refractivity contribution in [3.05, 3.63) is 11.9 Å². The third-order valence-electron chi connectivity index (χ3n) is 3.05. The summed E-state index contributed by atoms with van der Waals surface area (Å²) < 4.78 is 7.43. The van der Waals surface area contributed by atoms with Gasteiger partial charge in [-0.2, -0.15) is 0 Å². The molecule has 0 fully saturated rings. The summed E-state index contributed by atoms with van der Waals surface area (Å²) in [5.74, 6) is -0.814. The van der Waals surface area contributed by atoms with Gasteiger partial charge >= 0.3 is 5.97 Å². The van der Waals surface area contributed by atoms with E-state index in [1.165, 1.54) is 11.8 Å². The van der Waals surface area contributed by atoms with Crippen molar-refractivity contribution < 1.29 is 14.6 Å². The zero-order valence-electron chi connectivity index (χ0n) is 12.8. The molecule has 0 amide bonds. The first kappa shape index (κ1) is 17.0. The molecule has 0 bridgehead atoms. The van der Waals surface area contributed by atoms with E-state index in [2.05, 4.69) is 37.2 Å². The van der Waals surface area contributed by atoms with Crippen LogP contribution >= 0.6 is 11.8 Å². The standard InChI is InChI=1S/C14H24N2O3S/c1-6-10(8-19-5)16-11(14(2,3)4)7-15-13(16)20-9-12(17)18/h7,10H,6,8-9H2,1-5H3,(H,17,18). The summed E-state index contributed by atoms with van der Waals surface area (Å²) in [5.41, 5.74) is 1.06. The lowest BCUT2D eigenvalue weighted by atomic mass is 9.92. The highest BCUT2D eigenvalue weighted by molar-refractivity contribution is 7.99. The van der Waals surface area contributed by atoms with Gasteiger partial charge < -0.3 is 14.4 Å². The lowest BCUT2D eigenvalue weighted by Gasteiger charge is -2.27. The number of thioether (sulfide) groups is 1. The maximum atomic E-state index is 10.8. The van der Waals surface area contributed by atoms with Gasteiger partial charge in [0.15, 0.2) is 5.16 Å². The summed E-state index contributed by atoms with van der Waals surface area (Å²) in [6.07, 6.45) is 2.76. The van der Waals surface area contributed by atoms with E-state index in [9.17, 15) is 4.79 Å². The van der Waals surface area contributed by atoms with Crippen LogP contribution in [0.2, 0.25) is 0 Å². The molecule has 0 saturated heterocycles. The van der Waals surface area contributed by atoms with Crippen LogP contribution in [0.25, 0.3) is 0 Å². The van der Waals surface area contributed by atoms with Crippen molar-refractivity contribution in [1.82, 2.24) is 9.55 Å². The van der Waals surface area contributed by atoms with Gasteiger partial charge in [0.05, 0.1) is 18.4 Å². The highest BCUT2D eigenvalue weighted by atomic mass is 32.2. The summed E-state index contributed by atoms with van der Waals surface area (Å²) in [6, 6.07) is 0.174. The molecule has 1 aromatic heterocycles. The number of rotatable bonds is 7. The van der Waals surface area contributed by atoms with Crippen LogP contribution in [0.3, 0.4) is 0 Å². The van der Waals surface area contributed by atoms with Crippen LogP contribution in [0.5, 0.6) is 0 Å². The Morgan fingerprint density at radius 1 is 1.55 bits per heavy atom. The monoisotopic (exact) mass is 300 g/mol. The molecule has 1 rings (SSSR count). The zero-order valence-corrected chi connectivity index (χ0v) is 13.7. The Balaban J connectivity index is 3.17. The lowest BCUT2D eigenvalue weighted by Crippen LogP contribution is -2.24. The van der Waals surface area contributed by atoms with E-state index < -0.39 is 5.97 Å². The fourth-order valence-corrected chi connectivity index (χ4v) is 2.82. The summed E-state index contributed by atoms with van der Waals surface area (Å²) in [5, 5.41) is 9.60. The number of carbonyl (C=O) groups is 1. The molecule has 6 heteroatoms. The first-order chi connectivity index (χ1) is 9.31. The Kier molecular flexibility index (Phi) is 6.07. The summed E-state index contributed by atoms with van der Waals surface area (Å²) in [7, 11) is 1.68. The number of carboxylic acids is 1. The summed E-state index contributed by atoms with van der Waals surface area (Å²) in [4.78, 5) is 15.2. The number of carboxylic acid groups (broad SMARTS) is 1. The maximum Gasteiger partial charge on any atom is 0.313 e. The number of aliphatic carboxylic acids is 1. The molecule has 20 heavy (non-hydrogen) atoms. The average Bonchev–Trinajstić information content (AvgIpc) is 2.76. The van der Waals surface area contributed by atoms with Crippen molar-refractivity contribution in [2.75, 3.05) is 19.5 Å². The van der Waals surface area contributed by atoms with Crippen molar-refractivity contribution in [3.8, 4) is 0 Å². The second kappa shape index (κ2) is 7.13. The molecule has 114 valence electrons. The molecular formula is C14H24N2O3S. The Bertz CT molecular complexity index is 452. The minimum atomic E-state index is -0.832. The molecule has 0 radical (unpaired) electrons. The molecule has 0 aliphatic heterocycles. The number of imidazole rings is 1. The molecule has 1 N–H and O–H groups in total. The van der Waals surface area contributed by atoms with Crippen molar-refractivity contribution in [1.29, 1.82) is 0 Å². The number of hydrogen-bond acceptors (Lipinski definition) is 4. The molecule has 0 aliphatic rings. The van der Waals surface area contributed by atoms with E-state index in [0.29, 0.717) is 6.61 Å². The number of methoxy groups -OCH3 is 1. The van der Waals surface area contributed by atoms with Crippen molar-refractivity contribution in [3.63, 3.8) is 0 Å². The normalized spacial score (nSPS) is 13.4. The second-order valence-corrected chi connectivity index (χ2v) is 6.69. The van der Waals surface area contributed by atoms with Crippen LogP contribution in [0, 0.1) is 0 Å². The van der Waals surface area contributed by atoms with E-state index in [1.807, 2.05) is 6.20 Å². The Morgan fingerprint density at radius 3 is 2.65 bits per heavy atom. The Labute approximate surface area is 124 Å². The van der Waals surface area contributed by atoms with Crippen molar-refractivity contribution in [2.24, 2.45) is 0 Å². The molecule has 5 nitrogen and oxygen atoms in total. The fraction of sp³-hybridized carbons (Fsp3) is 0.714. The molecule has 0 aromatic carbocycles. The molecule has 1 unspecified atom stereocenters. The largest absolute Gasteiger partial charge is 0.481 e.